The Morgan fingerprint density at radius 2 is 1.92 bits per heavy atom. The Kier molecular flexibility index (Phi) is 4.50. The first-order valence-electron chi connectivity index (χ1n) is 7.14. The first kappa shape index (κ1) is 16.0. The van der Waals surface area contributed by atoms with E-state index >= 15 is 0 Å². The summed E-state index contributed by atoms with van der Waals surface area (Å²) < 4.78 is 24.5. The number of hydrogen-bond acceptors (Lipinski definition) is 7. The van der Waals surface area contributed by atoms with Gasteiger partial charge in [-0.05, 0) is 18.2 Å². The predicted molar refractivity (Wildman–Crippen MR) is 88.2 cm³/mol. The quantitative estimate of drug-likeness (QED) is 0.545. The third-order valence-corrected chi connectivity index (χ3v) is 3.40. The first-order valence-corrected chi connectivity index (χ1v) is 7.14. The molecule has 0 unspecified atom stereocenters. The third kappa shape index (κ3) is 3.10. The van der Waals surface area contributed by atoms with E-state index in [1.165, 1.54) is 13.2 Å². The summed E-state index contributed by atoms with van der Waals surface area (Å²) in [6.07, 6.45) is 0. The van der Waals surface area contributed by atoms with Crippen LogP contribution in [-0.2, 0) is 16.1 Å². The molecule has 0 atom stereocenters. The number of pyridine rings is 1. The van der Waals surface area contributed by atoms with Gasteiger partial charge < -0.3 is 20.9 Å². The number of nitrogens with two attached hydrogens (primary N) is 2. The lowest BCUT2D eigenvalue weighted by Gasteiger charge is -2.12. The monoisotopic (exact) mass is 329 g/mol. The van der Waals surface area contributed by atoms with Crippen molar-refractivity contribution in [3.05, 3.63) is 41.7 Å². The number of fused-ring (bicyclic) bond motifs is 1. The standard InChI is InChI=1S/C16H16FN5O2/c1-23-8-24-7-9-6-11-14(18)21-16(19)22-15(11)20-13(9)10-4-2-3-5-12(10)17/h2-6H,7-8H2,1H3,(H4,18,19,20,21,22). The summed E-state index contributed by atoms with van der Waals surface area (Å²) in [4.78, 5) is 12.4. The molecule has 0 saturated carbocycles. The fourth-order valence-electron chi connectivity index (χ4n) is 2.37. The SMILES string of the molecule is COCOCc1cc2c(N)nc(N)nc2nc1-c1ccccc1F. The summed E-state index contributed by atoms with van der Waals surface area (Å²) in [6, 6.07) is 8.07. The zero-order chi connectivity index (χ0) is 17.1. The molecule has 0 aliphatic rings. The van der Waals surface area contributed by atoms with E-state index < -0.39 is 5.82 Å². The molecule has 0 aliphatic heterocycles. The molecule has 0 aliphatic carbocycles. The molecule has 0 fully saturated rings. The number of nitrogens with zero attached hydrogens (tertiary/aromatic N) is 3. The highest BCUT2D eigenvalue weighted by atomic mass is 19.1. The predicted octanol–water partition coefficient (Wildman–Crippen LogP) is 2.12. The van der Waals surface area contributed by atoms with Crippen LogP contribution in [-0.4, -0.2) is 28.9 Å². The third-order valence-electron chi connectivity index (χ3n) is 3.40. The summed E-state index contributed by atoms with van der Waals surface area (Å²) in [6.45, 7) is 0.271. The normalized spacial score (nSPS) is 11.1. The van der Waals surface area contributed by atoms with E-state index in [-0.39, 0.29) is 25.2 Å². The largest absolute Gasteiger partial charge is 0.383 e. The van der Waals surface area contributed by atoms with Crippen molar-refractivity contribution in [1.29, 1.82) is 0 Å². The van der Waals surface area contributed by atoms with Gasteiger partial charge in [-0.2, -0.15) is 9.97 Å². The van der Waals surface area contributed by atoms with E-state index in [1.54, 1.807) is 24.3 Å². The Bertz CT molecular complexity index is 888. The van der Waals surface area contributed by atoms with Crippen molar-refractivity contribution < 1.29 is 13.9 Å². The summed E-state index contributed by atoms with van der Waals surface area (Å²) in [5.74, 6) is -0.180. The zero-order valence-electron chi connectivity index (χ0n) is 13.0. The number of halogens is 1. The van der Waals surface area contributed by atoms with Crippen molar-refractivity contribution in [2.45, 2.75) is 6.61 Å². The minimum atomic E-state index is -0.396. The van der Waals surface area contributed by atoms with Gasteiger partial charge in [-0.1, -0.05) is 12.1 Å². The molecule has 3 aromatic rings. The van der Waals surface area contributed by atoms with Gasteiger partial charge in [0.15, 0.2) is 5.65 Å². The molecule has 1 aromatic carbocycles. The molecule has 24 heavy (non-hydrogen) atoms. The molecular formula is C16H16FN5O2. The highest BCUT2D eigenvalue weighted by Crippen LogP contribution is 2.29. The Labute approximate surface area is 137 Å². The maximum Gasteiger partial charge on any atom is 0.224 e. The van der Waals surface area contributed by atoms with Crippen LogP contribution in [0.5, 0.6) is 0 Å². The van der Waals surface area contributed by atoms with E-state index in [2.05, 4.69) is 15.0 Å². The smallest absolute Gasteiger partial charge is 0.224 e. The van der Waals surface area contributed by atoms with Crippen LogP contribution < -0.4 is 11.5 Å². The fourth-order valence-corrected chi connectivity index (χ4v) is 2.37. The van der Waals surface area contributed by atoms with Gasteiger partial charge in [0.2, 0.25) is 5.95 Å². The van der Waals surface area contributed by atoms with Crippen LogP contribution in [0.4, 0.5) is 16.2 Å². The van der Waals surface area contributed by atoms with E-state index in [0.29, 0.717) is 27.9 Å². The number of hydrogen-bond donors (Lipinski definition) is 2. The summed E-state index contributed by atoms with van der Waals surface area (Å²) in [7, 11) is 1.52. The number of anilines is 2. The molecule has 7 nitrogen and oxygen atoms in total. The molecule has 4 N–H and O–H groups in total. The van der Waals surface area contributed by atoms with Crippen LogP contribution in [0, 0.1) is 5.82 Å². The second-order valence-electron chi connectivity index (χ2n) is 5.07. The van der Waals surface area contributed by atoms with Crippen LogP contribution in [0.2, 0.25) is 0 Å². The zero-order valence-corrected chi connectivity index (χ0v) is 13.0. The lowest BCUT2D eigenvalue weighted by atomic mass is 10.0. The van der Waals surface area contributed by atoms with Crippen LogP contribution in [0.15, 0.2) is 30.3 Å². The minimum absolute atomic E-state index is 0.00960. The van der Waals surface area contributed by atoms with Crippen molar-refractivity contribution in [3.63, 3.8) is 0 Å². The molecule has 0 amide bonds. The second-order valence-corrected chi connectivity index (χ2v) is 5.07. The number of ether oxygens (including phenoxy) is 2. The van der Waals surface area contributed by atoms with E-state index in [4.69, 9.17) is 20.9 Å². The number of methoxy groups -OCH3 is 1. The van der Waals surface area contributed by atoms with Crippen molar-refractivity contribution >= 4 is 22.8 Å². The molecule has 0 saturated heterocycles. The lowest BCUT2D eigenvalue weighted by molar-refractivity contribution is -0.0389. The summed E-state index contributed by atoms with van der Waals surface area (Å²) >= 11 is 0. The van der Waals surface area contributed by atoms with E-state index in [1.807, 2.05) is 0 Å². The Hall–Kier alpha value is -2.84. The van der Waals surface area contributed by atoms with Crippen molar-refractivity contribution in [2.24, 2.45) is 0 Å². The van der Waals surface area contributed by atoms with Crippen molar-refractivity contribution in [1.82, 2.24) is 15.0 Å². The molecule has 0 spiro atoms. The second kappa shape index (κ2) is 6.73. The number of benzene rings is 1. The van der Waals surface area contributed by atoms with Crippen LogP contribution in [0.25, 0.3) is 22.3 Å². The first-order chi connectivity index (χ1) is 11.6. The van der Waals surface area contributed by atoms with Gasteiger partial charge in [-0.25, -0.2) is 9.37 Å². The minimum Gasteiger partial charge on any atom is -0.383 e. The van der Waals surface area contributed by atoms with Gasteiger partial charge in [0.05, 0.1) is 17.7 Å². The molecular weight excluding hydrogens is 313 g/mol. The molecule has 2 aromatic heterocycles. The topological polar surface area (TPSA) is 109 Å². The number of nitrogen functional groups attached to an aromatic ring is 2. The average molecular weight is 329 g/mol. The van der Waals surface area contributed by atoms with Crippen LogP contribution in [0.3, 0.4) is 0 Å². The van der Waals surface area contributed by atoms with Gasteiger partial charge in [-0.3, -0.25) is 0 Å². The van der Waals surface area contributed by atoms with Crippen LogP contribution >= 0.6 is 0 Å². The van der Waals surface area contributed by atoms with Crippen LogP contribution in [0.1, 0.15) is 5.56 Å². The molecule has 3 rings (SSSR count). The van der Waals surface area contributed by atoms with Gasteiger partial charge in [0, 0.05) is 18.2 Å². The Balaban J connectivity index is 2.20. The molecule has 124 valence electrons. The van der Waals surface area contributed by atoms with Crippen molar-refractivity contribution in [3.8, 4) is 11.3 Å². The average Bonchev–Trinajstić information content (AvgIpc) is 2.55. The van der Waals surface area contributed by atoms with Gasteiger partial charge in [0.1, 0.15) is 18.4 Å². The lowest BCUT2D eigenvalue weighted by Crippen LogP contribution is -2.06. The fraction of sp³-hybridized carbons (Fsp3) is 0.188. The highest BCUT2D eigenvalue weighted by molar-refractivity contribution is 5.89. The van der Waals surface area contributed by atoms with E-state index in [9.17, 15) is 4.39 Å². The van der Waals surface area contributed by atoms with Gasteiger partial charge in [-0.15, -0.1) is 0 Å². The number of rotatable bonds is 5. The molecule has 8 heteroatoms. The van der Waals surface area contributed by atoms with Gasteiger partial charge >= 0.3 is 0 Å². The Morgan fingerprint density at radius 1 is 1.12 bits per heavy atom. The maximum absolute atomic E-state index is 14.2. The number of aromatic nitrogens is 3. The molecule has 0 radical (unpaired) electrons. The van der Waals surface area contributed by atoms with Gasteiger partial charge in [0.25, 0.3) is 0 Å². The molecule has 0 bridgehead atoms. The maximum atomic E-state index is 14.2. The highest BCUT2D eigenvalue weighted by Gasteiger charge is 2.15. The Morgan fingerprint density at radius 3 is 2.67 bits per heavy atom. The molecule has 2 heterocycles. The summed E-state index contributed by atoms with van der Waals surface area (Å²) in [5.41, 5.74) is 13.2. The van der Waals surface area contributed by atoms with Crippen molar-refractivity contribution in [2.75, 3.05) is 25.4 Å². The summed E-state index contributed by atoms with van der Waals surface area (Å²) in [5, 5.41) is 0.528. The van der Waals surface area contributed by atoms with E-state index in [0.717, 1.165) is 0 Å².